The van der Waals surface area contributed by atoms with E-state index in [0.29, 0.717) is 0 Å². The topological polar surface area (TPSA) is 108 Å². The minimum absolute atomic E-state index is 0.0134. The van der Waals surface area contributed by atoms with Crippen LogP contribution in [-0.4, -0.2) is 26.2 Å². The van der Waals surface area contributed by atoms with E-state index < -0.39 is 11.9 Å². The lowest BCUT2D eigenvalue weighted by atomic mass is 9.91. The van der Waals surface area contributed by atoms with Gasteiger partial charge in [0, 0.05) is 11.1 Å². The minimum Gasteiger partial charge on any atom is -0.484 e. The molecule has 0 aliphatic heterocycles. The Labute approximate surface area is 423 Å². The molecule has 0 spiro atoms. The van der Waals surface area contributed by atoms with Crippen molar-refractivity contribution in [1.29, 1.82) is 0 Å². The van der Waals surface area contributed by atoms with E-state index in [4.69, 9.17) is 37.9 Å². The van der Waals surface area contributed by atoms with Crippen LogP contribution in [0, 0.1) is 0 Å². The summed E-state index contributed by atoms with van der Waals surface area (Å²) in [4.78, 5) is 29.6. The molecule has 8 rings (SSSR count). The van der Waals surface area contributed by atoms with Gasteiger partial charge in [-0.05, 0) is 65.2 Å². The molecule has 8 aromatic rings. The fourth-order valence-electron chi connectivity index (χ4n) is 7.54. The van der Waals surface area contributed by atoms with Crippen molar-refractivity contribution in [2.45, 2.75) is 39.6 Å². The normalized spacial score (nSPS) is 10.7. The zero-order valence-corrected chi connectivity index (χ0v) is 41.6. The third-order valence-corrected chi connectivity index (χ3v) is 12.5. The highest BCUT2D eigenvalue weighted by Gasteiger charge is 2.39. The zero-order chi connectivity index (χ0) is 48.7. The van der Waals surface area contributed by atoms with E-state index in [2.05, 4.69) is 31.9 Å². The Morgan fingerprint density at radius 3 is 0.729 bits per heavy atom. The molecule has 354 valence electrons. The average Bonchev–Trinajstić information content (AvgIpc) is 3.41. The molecule has 70 heavy (non-hydrogen) atoms. The molecule has 0 bridgehead atoms. The first-order chi connectivity index (χ1) is 34.3. The molecule has 0 fully saturated rings. The van der Waals surface area contributed by atoms with E-state index in [0.717, 1.165) is 33.4 Å². The fourth-order valence-corrected chi connectivity index (χ4v) is 8.85. The number of esters is 2. The van der Waals surface area contributed by atoms with Crippen LogP contribution < -0.4 is 28.4 Å². The van der Waals surface area contributed by atoms with Crippen LogP contribution in [0.4, 0.5) is 0 Å². The van der Waals surface area contributed by atoms with Crippen molar-refractivity contribution in [3.05, 3.63) is 235 Å². The van der Waals surface area contributed by atoms with Crippen molar-refractivity contribution in [3.8, 4) is 45.6 Å². The SMILES string of the molecule is COC(=O)c1c(Br)c(OCc2ccccc2)c(OCc2ccccc2)c(OCc2ccccc2)c1-c1c(OCc2ccccc2)c(OCc2ccccc2)c(OCc2ccccc2)c(Br)c1C(=O)OC. The smallest absolute Gasteiger partial charge is 0.339 e. The number of benzene rings is 8. The molecular formula is C58H48Br2O10. The van der Waals surface area contributed by atoms with Gasteiger partial charge in [0.2, 0.25) is 11.5 Å². The lowest BCUT2D eigenvalue weighted by molar-refractivity contribution is 0.0587. The Bertz CT molecular complexity index is 2790. The van der Waals surface area contributed by atoms with Gasteiger partial charge in [0.15, 0.2) is 23.0 Å². The molecule has 0 amide bonds. The first-order valence-corrected chi connectivity index (χ1v) is 23.9. The number of carbonyl (C=O) groups excluding carboxylic acids is 2. The predicted molar refractivity (Wildman–Crippen MR) is 275 cm³/mol. The predicted octanol–water partition coefficient (Wildman–Crippen LogP) is 13.9. The summed E-state index contributed by atoms with van der Waals surface area (Å²) in [6.45, 7) is 0.233. The summed E-state index contributed by atoms with van der Waals surface area (Å²) < 4.78 is 52.6. The van der Waals surface area contributed by atoms with Crippen molar-refractivity contribution >= 4 is 43.8 Å². The van der Waals surface area contributed by atoms with Gasteiger partial charge >= 0.3 is 11.9 Å². The molecule has 10 nitrogen and oxygen atoms in total. The van der Waals surface area contributed by atoms with E-state index >= 15 is 0 Å². The van der Waals surface area contributed by atoms with E-state index in [9.17, 15) is 9.59 Å². The molecule has 8 aromatic carbocycles. The molecule has 12 heteroatoms. The Morgan fingerprint density at radius 1 is 0.314 bits per heavy atom. The maximum atomic E-state index is 14.8. The maximum Gasteiger partial charge on any atom is 0.339 e. The molecule has 0 heterocycles. The van der Waals surface area contributed by atoms with Crippen LogP contribution in [0.5, 0.6) is 34.5 Å². The van der Waals surface area contributed by atoms with Crippen LogP contribution in [0.3, 0.4) is 0 Å². The Balaban J connectivity index is 1.49. The molecule has 0 saturated heterocycles. The van der Waals surface area contributed by atoms with Crippen molar-refractivity contribution in [1.82, 2.24) is 0 Å². The summed E-state index contributed by atoms with van der Waals surface area (Å²) >= 11 is 7.62. The third-order valence-electron chi connectivity index (χ3n) is 11.0. The van der Waals surface area contributed by atoms with Crippen molar-refractivity contribution < 1.29 is 47.5 Å². The van der Waals surface area contributed by atoms with Crippen molar-refractivity contribution in [2.75, 3.05) is 14.2 Å². The van der Waals surface area contributed by atoms with Crippen LogP contribution in [0.25, 0.3) is 11.1 Å². The molecule has 0 aromatic heterocycles. The lowest BCUT2D eigenvalue weighted by Gasteiger charge is -2.28. The largest absolute Gasteiger partial charge is 0.484 e. The summed E-state index contributed by atoms with van der Waals surface area (Å²) in [5.74, 6) is -1.04. The number of carbonyl (C=O) groups is 2. The van der Waals surface area contributed by atoms with E-state index in [1.165, 1.54) is 14.2 Å². The highest BCUT2D eigenvalue weighted by molar-refractivity contribution is 9.11. The molecule has 0 aliphatic carbocycles. The van der Waals surface area contributed by atoms with E-state index in [-0.39, 0.29) is 105 Å². The number of hydrogen-bond acceptors (Lipinski definition) is 10. The number of halogens is 2. The van der Waals surface area contributed by atoms with Crippen LogP contribution in [0.2, 0.25) is 0 Å². The van der Waals surface area contributed by atoms with Crippen molar-refractivity contribution in [2.24, 2.45) is 0 Å². The molecule has 0 radical (unpaired) electrons. The van der Waals surface area contributed by atoms with Gasteiger partial charge in [-0.3, -0.25) is 0 Å². The van der Waals surface area contributed by atoms with Gasteiger partial charge in [-0.15, -0.1) is 0 Å². The highest BCUT2D eigenvalue weighted by Crippen LogP contribution is 2.60. The average molecular weight is 1060 g/mol. The van der Waals surface area contributed by atoms with Gasteiger partial charge in [0.05, 0.1) is 34.3 Å². The molecule has 0 N–H and O–H groups in total. The monoisotopic (exact) mass is 1060 g/mol. The Morgan fingerprint density at radius 2 is 0.514 bits per heavy atom. The number of methoxy groups -OCH3 is 2. The summed E-state index contributed by atoms with van der Waals surface area (Å²) in [7, 11) is 2.54. The highest BCUT2D eigenvalue weighted by atomic mass is 79.9. The quantitative estimate of drug-likeness (QED) is 0.0646. The van der Waals surface area contributed by atoms with E-state index in [1.807, 2.05) is 182 Å². The first kappa shape index (κ1) is 48.9. The number of hydrogen-bond donors (Lipinski definition) is 0. The molecule has 0 saturated carbocycles. The minimum atomic E-state index is -0.803. The number of ether oxygens (including phenoxy) is 8. The number of rotatable bonds is 21. The second kappa shape index (κ2) is 24.1. The van der Waals surface area contributed by atoms with Gasteiger partial charge in [0.25, 0.3) is 0 Å². The van der Waals surface area contributed by atoms with Crippen LogP contribution in [0.1, 0.15) is 54.1 Å². The molecule has 0 aliphatic rings. The second-order valence-corrected chi connectivity index (χ2v) is 17.3. The zero-order valence-electron chi connectivity index (χ0n) is 38.4. The van der Waals surface area contributed by atoms with Crippen molar-refractivity contribution in [3.63, 3.8) is 0 Å². The third kappa shape index (κ3) is 11.8. The van der Waals surface area contributed by atoms with E-state index in [1.54, 1.807) is 0 Å². The van der Waals surface area contributed by atoms with Gasteiger partial charge in [0.1, 0.15) is 39.6 Å². The van der Waals surface area contributed by atoms with Gasteiger partial charge in [-0.1, -0.05) is 182 Å². The summed E-state index contributed by atoms with van der Waals surface area (Å²) in [6, 6.07) is 57.4. The van der Waals surface area contributed by atoms with Crippen LogP contribution in [-0.2, 0) is 49.1 Å². The maximum absolute atomic E-state index is 14.8. The first-order valence-electron chi connectivity index (χ1n) is 22.3. The van der Waals surface area contributed by atoms with Crippen LogP contribution >= 0.6 is 31.9 Å². The summed E-state index contributed by atoms with van der Waals surface area (Å²) in [5.41, 5.74) is 4.90. The standard InChI is InChI=1S/C58H48Br2O10/c1-63-57(61)47-45(51(65-33-39-21-9-3-10-22-39)55(69-37-43-29-17-7-18-30-43)53(49(47)59)67-35-41-25-13-5-14-26-41)46-48(58(62)64-2)50(60)54(68-36-42-27-15-6-16-28-42)56(70-38-44-31-19-8-20-32-44)52(46)66-34-40-23-11-4-12-24-40/h3-32H,33-38H2,1-2H3. The van der Waals surface area contributed by atoms with Crippen LogP contribution in [0.15, 0.2) is 191 Å². The second-order valence-electron chi connectivity index (χ2n) is 15.7. The summed E-state index contributed by atoms with van der Waals surface area (Å²) in [5, 5.41) is 0. The Kier molecular flexibility index (Phi) is 16.9. The lowest BCUT2D eigenvalue weighted by Crippen LogP contribution is -2.16. The molecule has 0 unspecified atom stereocenters. The van der Waals surface area contributed by atoms with Gasteiger partial charge < -0.3 is 37.9 Å². The molecular weight excluding hydrogens is 1020 g/mol. The summed E-state index contributed by atoms with van der Waals surface area (Å²) in [6.07, 6.45) is 0. The molecule has 0 atom stereocenters. The fraction of sp³-hybridized carbons (Fsp3) is 0.138. The van der Waals surface area contributed by atoms with Gasteiger partial charge in [-0.2, -0.15) is 0 Å². The van der Waals surface area contributed by atoms with Gasteiger partial charge in [-0.25, -0.2) is 9.59 Å². The Hall–Kier alpha value is -7.54.